The number of nitrogens with one attached hydrogen (secondary N) is 2. The van der Waals surface area contributed by atoms with Crippen molar-refractivity contribution in [2.75, 3.05) is 5.32 Å². The van der Waals surface area contributed by atoms with Gasteiger partial charge in [-0.2, -0.15) is 4.98 Å². The zero-order valence-corrected chi connectivity index (χ0v) is 11.4. The average Bonchev–Trinajstić information content (AvgIpc) is 2.86. The zero-order valence-electron chi connectivity index (χ0n) is 10.6. The number of hydrogen-bond donors (Lipinski definition) is 2. The van der Waals surface area contributed by atoms with Gasteiger partial charge in [0, 0.05) is 0 Å². The van der Waals surface area contributed by atoms with Crippen LogP contribution in [0.15, 0.2) is 0 Å². The highest BCUT2D eigenvalue weighted by molar-refractivity contribution is 7.13. The van der Waals surface area contributed by atoms with E-state index in [0.29, 0.717) is 16.6 Å². The largest absolute Gasteiger partial charge is 0.288 e. The van der Waals surface area contributed by atoms with Crippen LogP contribution in [0.25, 0.3) is 0 Å². The molecule has 2 heterocycles. The van der Waals surface area contributed by atoms with Crippen molar-refractivity contribution in [3.05, 3.63) is 21.4 Å². The van der Waals surface area contributed by atoms with Gasteiger partial charge in [-0.3, -0.25) is 15.2 Å². The predicted octanol–water partition coefficient (Wildman–Crippen LogP) is 2.08. The van der Waals surface area contributed by atoms with Crippen LogP contribution in [0.2, 0.25) is 0 Å². The number of aryl methyl sites for hydroxylation is 3. The Morgan fingerprint density at radius 3 is 2.78 bits per heavy atom. The lowest BCUT2D eigenvalue weighted by atomic mass is 10.2. The van der Waals surface area contributed by atoms with Gasteiger partial charge in [-0.05, 0) is 20.3 Å². The number of nitrogens with zero attached hydrogens (tertiary/aromatic N) is 3. The van der Waals surface area contributed by atoms with Gasteiger partial charge < -0.3 is 0 Å². The normalized spacial score (nSPS) is 10.6. The van der Waals surface area contributed by atoms with E-state index < -0.39 is 0 Å². The standard InChI is InChI=1S/C11H15N5OS/c1-4-5-8-9(18-7(3)13-8)10(17)14-11-12-6(2)15-16-11/h4-5H2,1-3H3,(H2,12,14,15,16,17). The van der Waals surface area contributed by atoms with Crippen LogP contribution in [-0.4, -0.2) is 26.1 Å². The van der Waals surface area contributed by atoms with E-state index in [2.05, 4.69) is 32.4 Å². The molecule has 1 amide bonds. The van der Waals surface area contributed by atoms with E-state index in [4.69, 9.17) is 0 Å². The molecule has 0 bridgehead atoms. The molecule has 0 fully saturated rings. The summed E-state index contributed by atoms with van der Waals surface area (Å²) in [7, 11) is 0. The molecule has 0 spiro atoms. The van der Waals surface area contributed by atoms with E-state index in [-0.39, 0.29) is 5.91 Å². The van der Waals surface area contributed by atoms with Crippen molar-refractivity contribution in [2.24, 2.45) is 0 Å². The zero-order chi connectivity index (χ0) is 13.1. The molecule has 0 unspecified atom stereocenters. The molecule has 2 aromatic rings. The van der Waals surface area contributed by atoms with Crippen molar-refractivity contribution in [3.8, 4) is 0 Å². The van der Waals surface area contributed by atoms with Crippen LogP contribution in [-0.2, 0) is 6.42 Å². The molecule has 6 nitrogen and oxygen atoms in total. The van der Waals surface area contributed by atoms with Gasteiger partial charge in [-0.1, -0.05) is 13.3 Å². The third-order valence-electron chi connectivity index (χ3n) is 2.32. The number of carbonyl (C=O) groups excluding carboxylic acids is 1. The summed E-state index contributed by atoms with van der Waals surface area (Å²) in [6.45, 7) is 5.74. The van der Waals surface area contributed by atoms with E-state index in [1.165, 1.54) is 11.3 Å². The van der Waals surface area contributed by atoms with Gasteiger partial charge in [0.25, 0.3) is 5.91 Å². The molecule has 0 radical (unpaired) electrons. The number of amides is 1. The fourth-order valence-corrected chi connectivity index (χ4v) is 2.47. The minimum atomic E-state index is -0.192. The summed E-state index contributed by atoms with van der Waals surface area (Å²) in [4.78, 5) is 21.2. The fourth-order valence-electron chi connectivity index (χ4n) is 1.61. The molecule has 7 heteroatoms. The summed E-state index contributed by atoms with van der Waals surface area (Å²) < 4.78 is 0. The van der Waals surface area contributed by atoms with Crippen LogP contribution in [0.3, 0.4) is 0 Å². The van der Waals surface area contributed by atoms with E-state index >= 15 is 0 Å². The van der Waals surface area contributed by atoms with E-state index in [0.717, 1.165) is 23.5 Å². The van der Waals surface area contributed by atoms with Crippen molar-refractivity contribution in [3.63, 3.8) is 0 Å². The number of hydrogen-bond acceptors (Lipinski definition) is 5. The Morgan fingerprint density at radius 2 is 2.17 bits per heavy atom. The lowest BCUT2D eigenvalue weighted by Crippen LogP contribution is -2.13. The average molecular weight is 265 g/mol. The molecule has 96 valence electrons. The summed E-state index contributed by atoms with van der Waals surface area (Å²) in [5.41, 5.74) is 0.852. The highest BCUT2D eigenvalue weighted by Gasteiger charge is 2.17. The Morgan fingerprint density at radius 1 is 1.39 bits per heavy atom. The minimum Gasteiger partial charge on any atom is -0.288 e. The second-order valence-electron chi connectivity index (χ2n) is 3.96. The molecule has 18 heavy (non-hydrogen) atoms. The third-order valence-corrected chi connectivity index (χ3v) is 3.33. The molecule has 0 saturated carbocycles. The Labute approximate surface area is 109 Å². The summed E-state index contributed by atoms with van der Waals surface area (Å²) in [5.74, 6) is 0.772. The Kier molecular flexibility index (Phi) is 3.71. The summed E-state index contributed by atoms with van der Waals surface area (Å²) in [6.07, 6.45) is 1.77. The van der Waals surface area contributed by atoms with Crippen LogP contribution < -0.4 is 5.32 Å². The predicted molar refractivity (Wildman–Crippen MR) is 69.9 cm³/mol. The number of aromatic nitrogens is 4. The second-order valence-corrected chi connectivity index (χ2v) is 5.16. The molecule has 0 saturated heterocycles. The smallest absolute Gasteiger partial charge is 0.270 e. The van der Waals surface area contributed by atoms with Crippen LogP contribution in [0, 0.1) is 13.8 Å². The highest BCUT2D eigenvalue weighted by atomic mass is 32.1. The maximum Gasteiger partial charge on any atom is 0.270 e. The van der Waals surface area contributed by atoms with Crippen molar-refractivity contribution in [1.82, 2.24) is 20.2 Å². The number of H-pyrrole nitrogens is 1. The van der Waals surface area contributed by atoms with Gasteiger partial charge in [0.1, 0.15) is 10.7 Å². The molecule has 0 aliphatic rings. The molecule has 0 aliphatic heterocycles. The van der Waals surface area contributed by atoms with E-state index in [1.54, 1.807) is 6.92 Å². The molecular formula is C11H15N5OS. The number of aromatic amines is 1. The monoisotopic (exact) mass is 265 g/mol. The molecular weight excluding hydrogens is 250 g/mol. The first-order valence-corrected chi connectivity index (χ1v) is 6.58. The fraction of sp³-hybridized carbons (Fsp3) is 0.455. The number of thiazole rings is 1. The maximum absolute atomic E-state index is 12.1. The van der Waals surface area contributed by atoms with Crippen molar-refractivity contribution in [1.29, 1.82) is 0 Å². The summed E-state index contributed by atoms with van der Waals surface area (Å²) in [5, 5.41) is 10.1. The lowest BCUT2D eigenvalue weighted by molar-refractivity contribution is 0.102. The van der Waals surface area contributed by atoms with Crippen LogP contribution >= 0.6 is 11.3 Å². The quantitative estimate of drug-likeness (QED) is 0.886. The first kappa shape index (κ1) is 12.7. The molecule has 0 atom stereocenters. The minimum absolute atomic E-state index is 0.192. The molecule has 2 rings (SSSR count). The third kappa shape index (κ3) is 2.73. The van der Waals surface area contributed by atoms with Crippen LogP contribution in [0.5, 0.6) is 0 Å². The Hall–Kier alpha value is -1.76. The Bertz CT molecular complexity index is 560. The van der Waals surface area contributed by atoms with Gasteiger partial charge in [-0.25, -0.2) is 4.98 Å². The topological polar surface area (TPSA) is 83.6 Å². The summed E-state index contributed by atoms with van der Waals surface area (Å²) in [6, 6.07) is 0. The molecule has 0 aromatic carbocycles. The summed E-state index contributed by atoms with van der Waals surface area (Å²) >= 11 is 1.40. The van der Waals surface area contributed by atoms with Gasteiger partial charge in [0.2, 0.25) is 5.95 Å². The molecule has 2 N–H and O–H groups in total. The van der Waals surface area contributed by atoms with Gasteiger partial charge >= 0.3 is 0 Å². The first-order valence-electron chi connectivity index (χ1n) is 5.76. The van der Waals surface area contributed by atoms with Crippen molar-refractivity contribution in [2.45, 2.75) is 33.6 Å². The lowest BCUT2D eigenvalue weighted by Gasteiger charge is -2.00. The van der Waals surface area contributed by atoms with Gasteiger partial charge in [0.05, 0.1) is 10.7 Å². The maximum atomic E-state index is 12.1. The van der Waals surface area contributed by atoms with Crippen LogP contribution in [0.1, 0.15) is 39.5 Å². The van der Waals surface area contributed by atoms with Crippen molar-refractivity contribution < 1.29 is 4.79 Å². The molecule has 0 aliphatic carbocycles. The SMILES string of the molecule is CCCc1nc(C)sc1C(=O)Nc1n[nH]c(C)n1. The van der Waals surface area contributed by atoms with Crippen molar-refractivity contribution >= 4 is 23.2 Å². The number of anilines is 1. The van der Waals surface area contributed by atoms with Gasteiger partial charge in [-0.15, -0.1) is 16.4 Å². The number of carbonyl (C=O) groups is 1. The number of rotatable bonds is 4. The van der Waals surface area contributed by atoms with E-state index in [1.807, 2.05) is 6.92 Å². The van der Waals surface area contributed by atoms with Gasteiger partial charge in [0.15, 0.2) is 0 Å². The Balaban J connectivity index is 2.17. The molecule has 2 aromatic heterocycles. The second kappa shape index (κ2) is 5.26. The van der Waals surface area contributed by atoms with Crippen LogP contribution in [0.4, 0.5) is 5.95 Å². The van der Waals surface area contributed by atoms with E-state index in [9.17, 15) is 4.79 Å². The first-order chi connectivity index (χ1) is 8.60. The highest BCUT2D eigenvalue weighted by Crippen LogP contribution is 2.20.